The lowest BCUT2D eigenvalue weighted by Crippen LogP contribution is -2.55. The lowest BCUT2D eigenvalue weighted by atomic mass is 9.84. The standard InChI is InChI=1S/C22H33N3O2/c1-22-16-18(15-17-9-5-3-6-10-17)25(21(27)13-12-20(23)26)19(22)11-7-4-8-14-24(22)2/h3,5-6,9-10,18-19H,4,7-8,11-16H2,1-2H3,(H2,23,26)/t18-,19+,22+/m1/s1. The topological polar surface area (TPSA) is 66.6 Å². The molecule has 0 bridgehead atoms. The van der Waals surface area contributed by atoms with Gasteiger partial charge in [0, 0.05) is 24.4 Å². The Morgan fingerprint density at radius 3 is 2.59 bits per heavy atom. The molecule has 2 heterocycles. The molecular weight excluding hydrogens is 338 g/mol. The van der Waals surface area contributed by atoms with E-state index in [2.05, 4.69) is 48.0 Å². The van der Waals surface area contributed by atoms with E-state index in [0.717, 1.165) is 32.2 Å². The normalized spacial score (nSPS) is 29.0. The molecule has 27 heavy (non-hydrogen) atoms. The number of carbonyl (C=O) groups is 2. The van der Waals surface area contributed by atoms with Crippen LogP contribution in [0.15, 0.2) is 30.3 Å². The van der Waals surface area contributed by atoms with Gasteiger partial charge < -0.3 is 10.6 Å². The number of nitrogens with two attached hydrogens (primary N) is 1. The van der Waals surface area contributed by atoms with Crippen molar-refractivity contribution in [3.05, 3.63) is 35.9 Å². The third kappa shape index (κ3) is 4.34. The second-order valence-corrected chi connectivity index (χ2v) is 8.46. The van der Waals surface area contributed by atoms with Crippen LogP contribution in [-0.2, 0) is 16.0 Å². The summed E-state index contributed by atoms with van der Waals surface area (Å²) in [6, 6.07) is 10.8. The van der Waals surface area contributed by atoms with Crippen LogP contribution in [0, 0.1) is 0 Å². The van der Waals surface area contributed by atoms with Crippen molar-refractivity contribution in [3.8, 4) is 0 Å². The fourth-order valence-electron chi connectivity index (χ4n) is 5.04. The minimum absolute atomic E-state index is 0.0117. The number of nitrogens with zero attached hydrogens (tertiary/aromatic N) is 2. The number of hydrogen-bond donors (Lipinski definition) is 1. The van der Waals surface area contributed by atoms with Gasteiger partial charge in [-0.1, -0.05) is 43.2 Å². The molecule has 5 heteroatoms. The molecule has 0 unspecified atom stereocenters. The predicted molar refractivity (Wildman–Crippen MR) is 107 cm³/mol. The lowest BCUT2D eigenvalue weighted by molar-refractivity contribution is -0.137. The molecule has 2 aliphatic heterocycles. The van der Waals surface area contributed by atoms with Crippen LogP contribution in [0.5, 0.6) is 0 Å². The van der Waals surface area contributed by atoms with E-state index in [4.69, 9.17) is 5.73 Å². The molecule has 1 aromatic rings. The fraction of sp³-hybridized carbons (Fsp3) is 0.636. The van der Waals surface area contributed by atoms with Crippen LogP contribution in [0.4, 0.5) is 0 Å². The number of likely N-dealkylation sites (N-methyl/N-ethyl adjacent to an activating group) is 1. The van der Waals surface area contributed by atoms with E-state index in [0.29, 0.717) is 0 Å². The number of benzene rings is 1. The van der Waals surface area contributed by atoms with Crippen LogP contribution in [0.3, 0.4) is 0 Å². The number of primary amides is 1. The summed E-state index contributed by atoms with van der Waals surface area (Å²) >= 11 is 0. The number of fused-ring (bicyclic) bond motifs is 1. The third-order valence-electron chi connectivity index (χ3n) is 6.63. The molecule has 2 amide bonds. The van der Waals surface area contributed by atoms with E-state index in [-0.39, 0.29) is 36.4 Å². The first-order valence-corrected chi connectivity index (χ1v) is 10.3. The average molecular weight is 372 g/mol. The minimum Gasteiger partial charge on any atom is -0.370 e. The van der Waals surface area contributed by atoms with Gasteiger partial charge in [0.1, 0.15) is 0 Å². The predicted octanol–water partition coefficient (Wildman–Crippen LogP) is 2.73. The number of hydrogen-bond acceptors (Lipinski definition) is 3. The number of amides is 2. The van der Waals surface area contributed by atoms with Crippen molar-refractivity contribution in [1.29, 1.82) is 0 Å². The lowest BCUT2D eigenvalue weighted by Gasteiger charge is -2.43. The van der Waals surface area contributed by atoms with Crippen LogP contribution in [0.2, 0.25) is 0 Å². The quantitative estimate of drug-likeness (QED) is 0.865. The first kappa shape index (κ1) is 19.9. The molecule has 0 spiro atoms. The molecule has 0 saturated carbocycles. The highest BCUT2D eigenvalue weighted by molar-refractivity contribution is 5.83. The molecule has 2 saturated heterocycles. The molecule has 2 N–H and O–H groups in total. The van der Waals surface area contributed by atoms with Gasteiger partial charge in [-0.3, -0.25) is 14.5 Å². The van der Waals surface area contributed by atoms with Crippen molar-refractivity contribution in [2.75, 3.05) is 13.6 Å². The van der Waals surface area contributed by atoms with Crippen molar-refractivity contribution in [3.63, 3.8) is 0 Å². The van der Waals surface area contributed by atoms with Gasteiger partial charge >= 0.3 is 0 Å². The van der Waals surface area contributed by atoms with Crippen LogP contribution >= 0.6 is 0 Å². The molecule has 0 aromatic heterocycles. The van der Waals surface area contributed by atoms with Crippen LogP contribution < -0.4 is 5.73 Å². The van der Waals surface area contributed by atoms with Gasteiger partial charge in [0.25, 0.3) is 0 Å². The molecule has 2 fully saturated rings. The summed E-state index contributed by atoms with van der Waals surface area (Å²) < 4.78 is 0. The van der Waals surface area contributed by atoms with Crippen molar-refractivity contribution >= 4 is 11.8 Å². The molecular formula is C22H33N3O2. The maximum atomic E-state index is 13.2. The molecule has 0 radical (unpaired) electrons. The Balaban J connectivity index is 1.88. The molecule has 5 nitrogen and oxygen atoms in total. The SMILES string of the molecule is CN1CCCCC[C@@H]2N(C(=O)CCC(N)=O)[C@H](Cc3ccccc3)C[C@@]21C. The van der Waals surface area contributed by atoms with Gasteiger partial charge in [0.05, 0.1) is 6.04 Å². The zero-order valence-electron chi connectivity index (χ0n) is 16.7. The van der Waals surface area contributed by atoms with E-state index >= 15 is 0 Å². The van der Waals surface area contributed by atoms with Gasteiger partial charge in [0.2, 0.25) is 11.8 Å². The van der Waals surface area contributed by atoms with Crippen LogP contribution in [0.25, 0.3) is 0 Å². The maximum absolute atomic E-state index is 13.2. The summed E-state index contributed by atoms with van der Waals surface area (Å²) in [5, 5.41) is 0. The number of rotatable bonds is 5. The van der Waals surface area contributed by atoms with E-state index in [1.165, 1.54) is 18.4 Å². The molecule has 148 valence electrons. The highest BCUT2D eigenvalue weighted by atomic mass is 16.2. The second-order valence-electron chi connectivity index (χ2n) is 8.46. The Labute approximate surface area is 162 Å². The van der Waals surface area contributed by atoms with Crippen molar-refractivity contribution in [2.24, 2.45) is 5.73 Å². The zero-order chi connectivity index (χ0) is 19.4. The Morgan fingerprint density at radius 1 is 1.15 bits per heavy atom. The highest BCUT2D eigenvalue weighted by Gasteiger charge is 2.52. The first-order chi connectivity index (χ1) is 12.9. The summed E-state index contributed by atoms with van der Waals surface area (Å²) in [7, 11) is 2.20. The van der Waals surface area contributed by atoms with Gasteiger partial charge in [-0.2, -0.15) is 0 Å². The van der Waals surface area contributed by atoms with E-state index < -0.39 is 5.91 Å². The smallest absolute Gasteiger partial charge is 0.223 e. The van der Waals surface area contributed by atoms with E-state index in [1.54, 1.807) is 0 Å². The van der Waals surface area contributed by atoms with E-state index in [1.807, 2.05) is 6.07 Å². The van der Waals surface area contributed by atoms with Gasteiger partial charge in [-0.25, -0.2) is 0 Å². The highest BCUT2D eigenvalue weighted by Crippen LogP contribution is 2.42. The zero-order valence-corrected chi connectivity index (χ0v) is 16.7. The average Bonchev–Trinajstić information content (AvgIpc) is 2.91. The van der Waals surface area contributed by atoms with Crippen molar-refractivity contribution < 1.29 is 9.59 Å². The Kier molecular flexibility index (Phi) is 6.20. The summed E-state index contributed by atoms with van der Waals surface area (Å²) in [4.78, 5) is 29.0. The van der Waals surface area contributed by atoms with Crippen molar-refractivity contribution in [2.45, 2.75) is 75.9 Å². The monoisotopic (exact) mass is 371 g/mol. The first-order valence-electron chi connectivity index (χ1n) is 10.3. The Bertz CT molecular complexity index is 663. The van der Waals surface area contributed by atoms with Crippen LogP contribution in [0.1, 0.15) is 57.4 Å². The van der Waals surface area contributed by atoms with Crippen molar-refractivity contribution in [1.82, 2.24) is 9.80 Å². The summed E-state index contributed by atoms with van der Waals surface area (Å²) in [5.41, 5.74) is 6.55. The Hall–Kier alpha value is -1.88. The van der Waals surface area contributed by atoms with E-state index in [9.17, 15) is 9.59 Å². The molecule has 3 rings (SSSR count). The van der Waals surface area contributed by atoms with Gasteiger partial charge in [0.15, 0.2) is 0 Å². The fourth-order valence-corrected chi connectivity index (χ4v) is 5.04. The number of carbonyl (C=O) groups excluding carboxylic acids is 2. The number of likely N-dealkylation sites (tertiary alicyclic amines) is 2. The summed E-state index contributed by atoms with van der Waals surface area (Å²) in [6.07, 6.45) is 6.82. The molecule has 3 atom stereocenters. The van der Waals surface area contributed by atoms with Gasteiger partial charge in [-0.15, -0.1) is 0 Å². The van der Waals surface area contributed by atoms with Crippen LogP contribution in [-0.4, -0.2) is 52.8 Å². The largest absolute Gasteiger partial charge is 0.370 e. The Morgan fingerprint density at radius 2 is 1.89 bits per heavy atom. The minimum atomic E-state index is -0.403. The molecule has 0 aliphatic carbocycles. The molecule has 1 aromatic carbocycles. The summed E-state index contributed by atoms with van der Waals surface area (Å²) in [6.45, 7) is 3.40. The summed E-state index contributed by atoms with van der Waals surface area (Å²) in [5.74, 6) is -0.322. The maximum Gasteiger partial charge on any atom is 0.223 e. The third-order valence-corrected chi connectivity index (χ3v) is 6.63. The van der Waals surface area contributed by atoms with Gasteiger partial charge in [-0.05, 0) is 51.8 Å². The second kappa shape index (κ2) is 8.42. The molecule has 2 aliphatic rings.